The van der Waals surface area contributed by atoms with E-state index in [2.05, 4.69) is 5.32 Å². The third kappa shape index (κ3) is 4.01. The molecule has 18 heavy (non-hydrogen) atoms. The molecule has 1 saturated carbocycles. The number of hydrogen-bond acceptors (Lipinski definition) is 3. The number of nitrogens with one attached hydrogen (secondary N) is 1. The van der Waals surface area contributed by atoms with E-state index in [0.717, 1.165) is 19.3 Å². The van der Waals surface area contributed by atoms with Crippen LogP contribution in [0.15, 0.2) is 0 Å². The highest BCUT2D eigenvalue weighted by Crippen LogP contribution is 2.39. The first-order valence-electron chi connectivity index (χ1n) is 6.18. The van der Waals surface area contributed by atoms with E-state index in [1.54, 1.807) is 0 Å². The summed E-state index contributed by atoms with van der Waals surface area (Å²) in [6.07, 6.45) is 3.51. The van der Waals surface area contributed by atoms with Gasteiger partial charge in [0.05, 0.1) is 11.8 Å². The van der Waals surface area contributed by atoms with Crippen LogP contribution >= 0.6 is 0 Å². The molecule has 0 unspecified atom stereocenters. The second kappa shape index (κ2) is 6.37. The maximum absolute atomic E-state index is 11.6. The third-order valence-electron chi connectivity index (χ3n) is 3.42. The summed E-state index contributed by atoms with van der Waals surface area (Å²) < 4.78 is 0. The summed E-state index contributed by atoms with van der Waals surface area (Å²) in [4.78, 5) is 33.3. The summed E-state index contributed by atoms with van der Waals surface area (Å²) in [5.41, 5.74) is -0.953. The molecule has 6 heteroatoms. The number of amides is 1. The molecule has 3 N–H and O–H groups in total. The van der Waals surface area contributed by atoms with E-state index < -0.39 is 17.4 Å². The molecule has 0 bridgehead atoms. The van der Waals surface area contributed by atoms with Gasteiger partial charge in [-0.25, -0.2) is 0 Å². The Hall–Kier alpha value is -1.59. The normalized spacial score (nSPS) is 18.0. The summed E-state index contributed by atoms with van der Waals surface area (Å²) in [5, 5.41) is 20.2. The van der Waals surface area contributed by atoms with Crippen molar-refractivity contribution in [1.29, 1.82) is 0 Å². The van der Waals surface area contributed by atoms with E-state index in [0.29, 0.717) is 12.8 Å². The molecule has 0 radical (unpaired) electrons. The molecule has 1 aliphatic rings. The first kappa shape index (κ1) is 14.5. The zero-order valence-corrected chi connectivity index (χ0v) is 10.3. The van der Waals surface area contributed by atoms with Gasteiger partial charge in [0.15, 0.2) is 0 Å². The van der Waals surface area contributed by atoms with Crippen LogP contribution < -0.4 is 5.32 Å². The van der Waals surface area contributed by atoms with Crippen LogP contribution in [0.5, 0.6) is 0 Å². The van der Waals surface area contributed by atoms with E-state index in [1.807, 2.05) is 0 Å². The van der Waals surface area contributed by atoms with Crippen LogP contribution in [0.3, 0.4) is 0 Å². The first-order valence-corrected chi connectivity index (χ1v) is 6.18. The smallest absolute Gasteiger partial charge is 0.310 e. The number of carboxylic acids is 2. The predicted molar refractivity (Wildman–Crippen MR) is 63.0 cm³/mol. The van der Waals surface area contributed by atoms with Gasteiger partial charge in [0, 0.05) is 13.0 Å². The van der Waals surface area contributed by atoms with Crippen LogP contribution in [0.1, 0.15) is 44.9 Å². The van der Waals surface area contributed by atoms with Gasteiger partial charge in [0.25, 0.3) is 0 Å². The van der Waals surface area contributed by atoms with Gasteiger partial charge in [-0.15, -0.1) is 0 Å². The Kier molecular flexibility index (Phi) is 5.12. The van der Waals surface area contributed by atoms with Crippen LogP contribution in [-0.4, -0.2) is 34.6 Å². The molecule has 0 aromatic rings. The Morgan fingerprint density at radius 2 is 1.67 bits per heavy atom. The van der Waals surface area contributed by atoms with Gasteiger partial charge in [0.1, 0.15) is 0 Å². The standard InChI is InChI=1S/C12H19NO5/c14-9(13-7-4-10(15)16)8-12(11(17)18)5-2-1-3-6-12/h1-8H2,(H,13,14)(H,15,16)(H,17,18). The lowest BCUT2D eigenvalue weighted by atomic mass is 9.71. The second-order valence-electron chi connectivity index (χ2n) is 4.82. The minimum absolute atomic E-state index is 0.0455. The lowest BCUT2D eigenvalue weighted by Gasteiger charge is -2.32. The SMILES string of the molecule is O=C(O)CCNC(=O)CC1(C(=O)O)CCCCC1. The summed E-state index contributed by atoms with van der Waals surface area (Å²) >= 11 is 0. The highest BCUT2D eigenvalue weighted by molar-refractivity contribution is 5.85. The second-order valence-corrected chi connectivity index (χ2v) is 4.82. The van der Waals surface area contributed by atoms with Crippen LogP contribution in [-0.2, 0) is 14.4 Å². The Labute approximate surface area is 105 Å². The van der Waals surface area contributed by atoms with Crippen molar-refractivity contribution in [3.63, 3.8) is 0 Å². The fraction of sp³-hybridized carbons (Fsp3) is 0.750. The van der Waals surface area contributed by atoms with Crippen molar-refractivity contribution in [1.82, 2.24) is 5.32 Å². The van der Waals surface area contributed by atoms with Crippen molar-refractivity contribution in [2.24, 2.45) is 5.41 Å². The van der Waals surface area contributed by atoms with E-state index in [4.69, 9.17) is 5.11 Å². The van der Waals surface area contributed by atoms with Crippen molar-refractivity contribution in [3.8, 4) is 0 Å². The molecule has 0 aliphatic heterocycles. The number of carbonyl (C=O) groups is 3. The molecular weight excluding hydrogens is 238 g/mol. The van der Waals surface area contributed by atoms with Crippen LogP contribution in [0, 0.1) is 5.41 Å². The molecular formula is C12H19NO5. The lowest BCUT2D eigenvalue weighted by molar-refractivity contribution is -0.154. The van der Waals surface area contributed by atoms with Crippen molar-refractivity contribution < 1.29 is 24.6 Å². The fourth-order valence-electron chi connectivity index (χ4n) is 2.37. The highest BCUT2D eigenvalue weighted by atomic mass is 16.4. The van der Waals surface area contributed by atoms with Crippen molar-refractivity contribution in [2.45, 2.75) is 44.9 Å². The number of carboxylic acid groups (broad SMARTS) is 2. The average molecular weight is 257 g/mol. The van der Waals surface area contributed by atoms with Gasteiger partial charge in [-0.1, -0.05) is 19.3 Å². The van der Waals surface area contributed by atoms with Gasteiger partial charge >= 0.3 is 11.9 Å². The molecule has 6 nitrogen and oxygen atoms in total. The van der Waals surface area contributed by atoms with Gasteiger partial charge in [-0.2, -0.15) is 0 Å². The molecule has 0 heterocycles. The van der Waals surface area contributed by atoms with Crippen molar-refractivity contribution >= 4 is 17.8 Å². The Balaban J connectivity index is 2.48. The molecule has 1 amide bonds. The van der Waals surface area contributed by atoms with Gasteiger partial charge in [-0.3, -0.25) is 14.4 Å². The van der Waals surface area contributed by atoms with Crippen LogP contribution in [0.2, 0.25) is 0 Å². The summed E-state index contributed by atoms with van der Waals surface area (Å²) in [6, 6.07) is 0. The maximum Gasteiger partial charge on any atom is 0.310 e. The summed E-state index contributed by atoms with van der Waals surface area (Å²) in [7, 11) is 0. The quantitative estimate of drug-likeness (QED) is 0.658. The van der Waals surface area contributed by atoms with E-state index in [-0.39, 0.29) is 25.3 Å². The first-order chi connectivity index (χ1) is 8.46. The number of carbonyl (C=O) groups excluding carboxylic acids is 1. The van der Waals surface area contributed by atoms with E-state index in [9.17, 15) is 19.5 Å². The van der Waals surface area contributed by atoms with E-state index in [1.165, 1.54) is 0 Å². The minimum Gasteiger partial charge on any atom is -0.481 e. The molecule has 1 aliphatic carbocycles. The summed E-state index contributed by atoms with van der Waals surface area (Å²) in [5.74, 6) is -2.28. The molecule has 102 valence electrons. The van der Waals surface area contributed by atoms with Gasteiger partial charge in [0.2, 0.25) is 5.91 Å². The molecule has 1 fully saturated rings. The molecule has 0 atom stereocenters. The molecule has 1 rings (SSSR count). The Morgan fingerprint density at radius 1 is 1.06 bits per heavy atom. The number of aliphatic carboxylic acids is 2. The van der Waals surface area contributed by atoms with Crippen LogP contribution in [0.25, 0.3) is 0 Å². The average Bonchev–Trinajstić information content (AvgIpc) is 2.29. The molecule has 0 saturated heterocycles. The molecule has 0 aromatic carbocycles. The number of hydrogen-bond donors (Lipinski definition) is 3. The lowest BCUT2D eigenvalue weighted by Crippen LogP contribution is -2.39. The largest absolute Gasteiger partial charge is 0.481 e. The van der Waals surface area contributed by atoms with Crippen molar-refractivity contribution in [3.05, 3.63) is 0 Å². The zero-order chi connectivity index (χ0) is 13.6. The van der Waals surface area contributed by atoms with Crippen LogP contribution in [0.4, 0.5) is 0 Å². The topological polar surface area (TPSA) is 104 Å². The highest BCUT2D eigenvalue weighted by Gasteiger charge is 2.41. The molecule has 0 aromatic heterocycles. The minimum atomic E-state index is -0.985. The third-order valence-corrected chi connectivity index (χ3v) is 3.42. The number of rotatable bonds is 6. The Morgan fingerprint density at radius 3 is 2.17 bits per heavy atom. The Bertz CT molecular complexity index is 333. The van der Waals surface area contributed by atoms with Gasteiger partial charge < -0.3 is 15.5 Å². The molecule has 0 spiro atoms. The monoisotopic (exact) mass is 257 g/mol. The van der Waals surface area contributed by atoms with Gasteiger partial charge in [-0.05, 0) is 12.8 Å². The van der Waals surface area contributed by atoms with E-state index >= 15 is 0 Å². The summed E-state index contributed by atoms with van der Waals surface area (Å²) in [6.45, 7) is 0.0455. The zero-order valence-electron chi connectivity index (χ0n) is 10.3. The fourth-order valence-corrected chi connectivity index (χ4v) is 2.37. The predicted octanol–water partition coefficient (Wildman–Crippen LogP) is 1.00. The maximum atomic E-state index is 11.6. The van der Waals surface area contributed by atoms with Crippen molar-refractivity contribution in [2.75, 3.05) is 6.54 Å².